The zero-order chi connectivity index (χ0) is 12.5. The molecule has 0 bridgehead atoms. The fraction of sp³-hybridized carbons (Fsp3) is 0.250. The molecule has 0 aliphatic carbocycles. The first-order valence-electron chi connectivity index (χ1n) is 4.09. The van der Waals surface area contributed by atoms with E-state index in [1.165, 1.54) is 0 Å². The van der Waals surface area contributed by atoms with E-state index in [0.29, 0.717) is 0 Å². The van der Waals surface area contributed by atoms with Crippen molar-refractivity contribution in [2.45, 2.75) is 11.9 Å². The Morgan fingerprint density at radius 3 is 2.44 bits per heavy atom. The molecule has 8 heteroatoms. The Bertz CT molecular complexity index is 564. The molecule has 0 N–H and O–H groups in total. The Kier molecular flexibility index (Phi) is 3.04. The van der Waals surface area contributed by atoms with Crippen LogP contribution in [0.25, 0.3) is 0 Å². The van der Waals surface area contributed by atoms with E-state index in [2.05, 4.69) is 4.98 Å². The van der Waals surface area contributed by atoms with Crippen LogP contribution in [0.15, 0.2) is 17.3 Å². The number of pyridine rings is 1. The summed E-state index contributed by atoms with van der Waals surface area (Å²) in [6.07, 6.45) is 1.69. The summed E-state index contributed by atoms with van der Waals surface area (Å²) in [5, 5.41) is 10.0. The van der Waals surface area contributed by atoms with Gasteiger partial charge in [0.25, 0.3) is 5.69 Å². The van der Waals surface area contributed by atoms with E-state index in [1.807, 2.05) is 0 Å². The van der Waals surface area contributed by atoms with Crippen molar-refractivity contribution in [3.8, 4) is 0 Å². The van der Waals surface area contributed by atoms with Gasteiger partial charge in [0, 0.05) is 12.3 Å². The summed E-state index contributed by atoms with van der Waals surface area (Å²) in [5.41, 5.74) is -0.686. The maximum absolute atomic E-state index is 11.3. The molecule has 0 amide bonds. The Balaban J connectivity index is 3.55. The maximum atomic E-state index is 11.3. The first kappa shape index (κ1) is 12.2. The van der Waals surface area contributed by atoms with Gasteiger partial charge in [-0.15, -0.1) is 0 Å². The topological polar surface area (TPSA) is 107 Å². The van der Waals surface area contributed by atoms with Crippen molar-refractivity contribution in [1.29, 1.82) is 0 Å². The molecule has 7 nitrogen and oxygen atoms in total. The van der Waals surface area contributed by atoms with Crippen LogP contribution < -0.4 is 0 Å². The number of nitrogens with zero attached hydrogens (tertiary/aromatic N) is 2. The van der Waals surface area contributed by atoms with Gasteiger partial charge in [0.15, 0.2) is 20.6 Å². The van der Waals surface area contributed by atoms with E-state index in [4.69, 9.17) is 0 Å². The second-order valence-electron chi connectivity index (χ2n) is 3.13. The molecule has 0 spiro atoms. The van der Waals surface area contributed by atoms with E-state index in [9.17, 15) is 23.3 Å². The molecule has 16 heavy (non-hydrogen) atoms. The van der Waals surface area contributed by atoms with Crippen LogP contribution >= 0.6 is 0 Å². The van der Waals surface area contributed by atoms with Crippen LogP contribution in [0.4, 0.5) is 5.69 Å². The molecule has 0 saturated heterocycles. The van der Waals surface area contributed by atoms with Gasteiger partial charge in [-0.3, -0.25) is 14.9 Å². The third-order valence-electron chi connectivity index (χ3n) is 1.78. The number of carbonyl (C=O) groups is 1. The van der Waals surface area contributed by atoms with Crippen LogP contribution in [0.1, 0.15) is 17.3 Å². The fourth-order valence-electron chi connectivity index (χ4n) is 1.09. The van der Waals surface area contributed by atoms with Gasteiger partial charge in [-0.1, -0.05) is 0 Å². The lowest BCUT2D eigenvalue weighted by atomic mass is 10.2. The molecule has 0 saturated carbocycles. The third kappa shape index (κ3) is 2.40. The molecule has 0 fully saturated rings. The lowest BCUT2D eigenvalue weighted by molar-refractivity contribution is -0.385. The highest BCUT2D eigenvalue weighted by molar-refractivity contribution is 7.90. The predicted molar refractivity (Wildman–Crippen MR) is 54.0 cm³/mol. The molecular formula is C8H8N2O5S. The SMILES string of the molecule is CC(=O)c1cc([N+](=O)[O-])cnc1S(C)(=O)=O. The van der Waals surface area contributed by atoms with Gasteiger partial charge in [0.05, 0.1) is 10.5 Å². The predicted octanol–water partition coefficient (Wildman–Crippen LogP) is 0.596. The van der Waals surface area contributed by atoms with Crippen LogP contribution in [0.5, 0.6) is 0 Å². The molecule has 0 aromatic carbocycles. The highest BCUT2D eigenvalue weighted by atomic mass is 32.2. The summed E-state index contributed by atoms with van der Waals surface area (Å²) >= 11 is 0. The van der Waals surface area contributed by atoms with Crippen molar-refractivity contribution >= 4 is 21.3 Å². The molecule has 0 radical (unpaired) electrons. The lowest BCUT2D eigenvalue weighted by Crippen LogP contribution is -2.09. The van der Waals surface area contributed by atoms with Crippen molar-refractivity contribution in [3.05, 3.63) is 27.9 Å². The molecule has 1 aromatic rings. The Morgan fingerprint density at radius 1 is 1.50 bits per heavy atom. The number of carbonyl (C=O) groups excluding carboxylic acids is 1. The molecular weight excluding hydrogens is 236 g/mol. The van der Waals surface area contributed by atoms with Crippen LogP contribution in [0, 0.1) is 10.1 Å². The van der Waals surface area contributed by atoms with Gasteiger partial charge in [0.1, 0.15) is 6.20 Å². The van der Waals surface area contributed by atoms with Gasteiger partial charge in [0.2, 0.25) is 0 Å². The minimum atomic E-state index is -3.68. The number of hydrogen-bond donors (Lipinski definition) is 0. The molecule has 1 aromatic heterocycles. The summed E-state index contributed by atoms with van der Waals surface area (Å²) < 4.78 is 22.5. The molecule has 0 aliphatic rings. The van der Waals surface area contributed by atoms with E-state index in [1.54, 1.807) is 0 Å². The van der Waals surface area contributed by atoms with E-state index in [0.717, 1.165) is 25.4 Å². The zero-order valence-corrected chi connectivity index (χ0v) is 9.32. The van der Waals surface area contributed by atoms with Crippen LogP contribution in [0.2, 0.25) is 0 Å². The highest BCUT2D eigenvalue weighted by Gasteiger charge is 2.21. The molecule has 86 valence electrons. The minimum absolute atomic E-state index is 0.267. The van der Waals surface area contributed by atoms with Crippen LogP contribution in [-0.4, -0.2) is 30.4 Å². The number of sulfone groups is 1. The number of nitro groups is 1. The third-order valence-corrected chi connectivity index (χ3v) is 2.81. The molecule has 1 rings (SSSR count). The maximum Gasteiger partial charge on any atom is 0.288 e. The standard InChI is InChI=1S/C8H8N2O5S/c1-5(11)7-3-6(10(12)13)4-9-8(7)16(2,14)15/h3-4H,1-2H3. The van der Waals surface area contributed by atoms with Crippen LogP contribution in [0.3, 0.4) is 0 Å². The minimum Gasteiger partial charge on any atom is -0.294 e. The average molecular weight is 244 g/mol. The second-order valence-corrected chi connectivity index (χ2v) is 5.06. The van der Waals surface area contributed by atoms with Crippen LogP contribution in [-0.2, 0) is 9.84 Å². The summed E-state index contributed by atoms with van der Waals surface area (Å²) in [5.74, 6) is -0.586. The van der Waals surface area contributed by atoms with Crippen molar-refractivity contribution in [2.24, 2.45) is 0 Å². The van der Waals surface area contributed by atoms with Crippen molar-refractivity contribution < 1.29 is 18.1 Å². The van der Waals surface area contributed by atoms with E-state index in [-0.39, 0.29) is 5.56 Å². The average Bonchev–Trinajstić information content (AvgIpc) is 2.15. The molecule has 0 aliphatic heterocycles. The number of Topliss-reactive ketones (excluding diaryl/α,β-unsaturated/α-hetero) is 1. The zero-order valence-electron chi connectivity index (χ0n) is 8.50. The van der Waals surface area contributed by atoms with Crippen molar-refractivity contribution in [3.63, 3.8) is 0 Å². The Labute approximate surface area is 91.2 Å². The summed E-state index contributed by atoms with van der Waals surface area (Å²) in [6.45, 7) is 1.12. The van der Waals surface area contributed by atoms with E-state index < -0.39 is 31.3 Å². The van der Waals surface area contributed by atoms with Gasteiger partial charge < -0.3 is 0 Å². The largest absolute Gasteiger partial charge is 0.294 e. The fourth-order valence-corrected chi connectivity index (χ4v) is 1.94. The number of ketones is 1. The molecule has 1 heterocycles. The van der Waals surface area contributed by atoms with Gasteiger partial charge in [-0.25, -0.2) is 13.4 Å². The van der Waals surface area contributed by atoms with Crippen molar-refractivity contribution in [1.82, 2.24) is 4.98 Å². The molecule has 0 unspecified atom stereocenters. The van der Waals surface area contributed by atoms with Gasteiger partial charge in [-0.2, -0.15) is 0 Å². The normalized spacial score (nSPS) is 11.1. The summed E-state index contributed by atoms with van der Waals surface area (Å²) in [7, 11) is -3.68. The smallest absolute Gasteiger partial charge is 0.288 e. The number of rotatable bonds is 3. The van der Waals surface area contributed by atoms with E-state index >= 15 is 0 Å². The summed E-state index contributed by atoms with van der Waals surface area (Å²) in [4.78, 5) is 24.3. The number of hydrogen-bond acceptors (Lipinski definition) is 6. The molecule has 0 atom stereocenters. The lowest BCUT2D eigenvalue weighted by Gasteiger charge is -2.02. The monoisotopic (exact) mass is 244 g/mol. The first-order valence-corrected chi connectivity index (χ1v) is 5.98. The summed E-state index contributed by atoms with van der Waals surface area (Å²) in [6, 6.07) is 0.908. The Morgan fingerprint density at radius 2 is 2.06 bits per heavy atom. The Hall–Kier alpha value is -1.83. The first-order chi connectivity index (χ1) is 7.23. The van der Waals surface area contributed by atoms with Gasteiger partial charge in [-0.05, 0) is 6.92 Å². The van der Waals surface area contributed by atoms with Crippen molar-refractivity contribution in [2.75, 3.05) is 6.26 Å². The quantitative estimate of drug-likeness (QED) is 0.437. The highest BCUT2D eigenvalue weighted by Crippen LogP contribution is 2.19. The number of aromatic nitrogens is 1. The second kappa shape index (κ2) is 3.97. The van der Waals surface area contributed by atoms with Gasteiger partial charge >= 0.3 is 0 Å².